The van der Waals surface area contributed by atoms with Crippen molar-refractivity contribution < 1.29 is 9.59 Å². The molecule has 3 aromatic carbocycles. The highest BCUT2D eigenvalue weighted by Gasteiger charge is 2.62. The number of aryl methyl sites for hydroxylation is 1. The maximum Gasteiger partial charge on any atom is 0.162 e. The SMILES string of the molecule is Cc1c(C(c2ccccc2)C2C(=O)C(C)(c3ccccc3)C2=O)sc2ccccc12. The Morgan fingerprint density at radius 3 is 2.00 bits per heavy atom. The predicted molar refractivity (Wildman–Crippen MR) is 122 cm³/mol. The summed E-state index contributed by atoms with van der Waals surface area (Å²) in [6.45, 7) is 3.89. The number of hydrogen-bond donors (Lipinski definition) is 0. The molecule has 3 heteroatoms. The lowest BCUT2D eigenvalue weighted by Crippen LogP contribution is -2.62. The minimum absolute atomic E-state index is 0.0180. The largest absolute Gasteiger partial charge is 0.297 e. The monoisotopic (exact) mass is 410 g/mol. The van der Waals surface area contributed by atoms with Crippen LogP contribution in [0.5, 0.6) is 0 Å². The molecule has 5 rings (SSSR count). The quantitative estimate of drug-likeness (QED) is 0.383. The summed E-state index contributed by atoms with van der Waals surface area (Å²) in [6.07, 6.45) is 0. The van der Waals surface area contributed by atoms with Gasteiger partial charge in [-0.15, -0.1) is 11.3 Å². The highest BCUT2D eigenvalue weighted by molar-refractivity contribution is 7.19. The first-order valence-corrected chi connectivity index (χ1v) is 11.0. The van der Waals surface area contributed by atoms with Crippen molar-refractivity contribution in [2.75, 3.05) is 0 Å². The molecular weight excluding hydrogens is 388 g/mol. The average molecular weight is 411 g/mol. The lowest BCUT2D eigenvalue weighted by atomic mass is 9.53. The Morgan fingerprint density at radius 2 is 1.37 bits per heavy atom. The van der Waals surface area contributed by atoms with Gasteiger partial charge in [-0.3, -0.25) is 9.59 Å². The molecule has 1 aliphatic rings. The van der Waals surface area contributed by atoms with Gasteiger partial charge >= 0.3 is 0 Å². The molecule has 148 valence electrons. The number of thiophene rings is 1. The van der Waals surface area contributed by atoms with Crippen LogP contribution < -0.4 is 0 Å². The number of benzene rings is 3. The average Bonchev–Trinajstić information content (AvgIpc) is 3.13. The molecular formula is C27H22O2S. The van der Waals surface area contributed by atoms with Crippen LogP contribution in [0, 0.1) is 12.8 Å². The number of ketones is 2. The smallest absolute Gasteiger partial charge is 0.162 e. The zero-order chi connectivity index (χ0) is 20.9. The summed E-state index contributed by atoms with van der Waals surface area (Å²) in [4.78, 5) is 28.3. The molecule has 0 amide bonds. The van der Waals surface area contributed by atoms with Crippen LogP contribution in [0.1, 0.15) is 34.4 Å². The molecule has 1 aromatic heterocycles. The van der Waals surface area contributed by atoms with Gasteiger partial charge in [0.15, 0.2) is 11.6 Å². The van der Waals surface area contributed by atoms with Gasteiger partial charge in [0.1, 0.15) is 5.41 Å². The second-order valence-corrected chi connectivity index (χ2v) is 9.26. The van der Waals surface area contributed by atoms with Crippen molar-refractivity contribution in [1.82, 2.24) is 0 Å². The van der Waals surface area contributed by atoms with Crippen LogP contribution in [0.2, 0.25) is 0 Å². The fourth-order valence-electron chi connectivity index (χ4n) is 4.79. The first kappa shape index (κ1) is 19.0. The molecule has 0 saturated heterocycles. The normalized spacial score (nSPS) is 22.1. The molecule has 0 bridgehead atoms. The summed E-state index contributed by atoms with van der Waals surface area (Å²) in [5, 5.41) is 1.20. The fraction of sp³-hybridized carbons (Fsp3) is 0.185. The molecule has 1 unspecified atom stereocenters. The van der Waals surface area contributed by atoms with E-state index >= 15 is 0 Å². The Bertz CT molecular complexity index is 1240. The molecule has 0 radical (unpaired) electrons. The first-order chi connectivity index (χ1) is 14.5. The van der Waals surface area contributed by atoms with Gasteiger partial charge in [0, 0.05) is 15.5 Å². The van der Waals surface area contributed by atoms with Crippen LogP contribution in [0.3, 0.4) is 0 Å². The Labute approximate surface area is 180 Å². The number of hydrogen-bond acceptors (Lipinski definition) is 3. The van der Waals surface area contributed by atoms with E-state index in [0.29, 0.717) is 0 Å². The van der Waals surface area contributed by atoms with Gasteiger partial charge in [-0.1, -0.05) is 78.9 Å². The standard InChI is InChI=1S/C27H22O2S/c1-17-20-15-9-10-16-21(20)30-24(17)22(18-11-5-3-6-12-18)23-25(28)27(2,26(23)29)19-13-7-4-8-14-19/h3-16,22-23H,1-2H3. The van der Waals surface area contributed by atoms with Crippen LogP contribution in [-0.4, -0.2) is 11.6 Å². The highest BCUT2D eigenvalue weighted by atomic mass is 32.1. The summed E-state index contributed by atoms with van der Waals surface area (Å²) >= 11 is 1.70. The summed E-state index contributed by atoms with van der Waals surface area (Å²) in [6, 6.07) is 27.7. The molecule has 1 atom stereocenters. The van der Waals surface area contributed by atoms with Crippen molar-refractivity contribution >= 4 is 33.0 Å². The van der Waals surface area contributed by atoms with Gasteiger partial charge in [-0.25, -0.2) is 0 Å². The molecule has 1 saturated carbocycles. The lowest BCUT2D eigenvalue weighted by molar-refractivity contribution is -0.153. The van der Waals surface area contributed by atoms with Crippen molar-refractivity contribution in [3.63, 3.8) is 0 Å². The second-order valence-electron chi connectivity index (χ2n) is 8.17. The van der Waals surface area contributed by atoms with E-state index in [-0.39, 0.29) is 17.5 Å². The third-order valence-electron chi connectivity index (χ3n) is 6.56. The Kier molecular flexibility index (Phi) is 4.44. The summed E-state index contributed by atoms with van der Waals surface area (Å²) in [5.41, 5.74) is 1.92. The van der Waals surface area contributed by atoms with Crippen LogP contribution in [0.4, 0.5) is 0 Å². The zero-order valence-electron chi connectivity index (χ0n) is 17.0. The third kappa shape index (κ3) is 2.62. The van der Waals surface area contributed by atoms with Crippen LogP contribution in [0.15, 0.2) is 84.9 Å². The number of rotatable bonds is 4. The van der Waals surface area contributed by atoms with E-state index in [1.54, 1.807) is 18.3 Å². The van der Waals surface area contributed by atoms with E-state index in [9.17, 15) is 9.59 Å². The van der Waals surface area contributed by atoms with E-state index in [0.717, 1.165) is 16.0 Å². The Balaban J connectivity index is 1.65. The molecule has 0 spiro atoms. The van der Waals surface area contributed by atoms with Crippen LogP contribution in [-0.2, 0) is 15.0 Å². The van der Waals surface area contributed by atoms with Crippen molar-refractivity contribution in [1.29, 1.82) is 0 Å². The van der Waals surface area contributed by atoms with Gasteiger partial charge in [-0.05, 0) is 42.0 Å². The Morgan fingerprint density at radius 1 is 0.800 bits per heavy atom. The molecule has 1 heterocycles. The van der Waals surface area contributed by atoms with Gasteiger partial charge < -0.3 is 0 Å². The molecule has 30 heavy (non-hydrogen) atoms. The minimum atomic E-state index is -1.05. The maximum atomic E-state index is 13.6. The third-order valence-corrected chi connectivity index (χ3v) is 7.91. The molecule has 0 N–H and O–H groups in total. The maximum absolute atomic E-state index is 13.6. The number of carbonyl (C=O) groups excluding carboxylic acids is 2. The summed E-state index contributed by atoms with van der Waals surface area (Å²) in [7, 11) is 0. The number of carbonyl (C=O) groups is 2. The first-order valence-electron chi connectivity index (χ1n) is 10.2. The van der Waals surface area contributed by atoms with E-state index < -0.39 is 11.3 Å². The molecule has 1 fully saturated rings. The molecule has 2 nitrogen and oxygen atoms in total. The Hall–Kier alpha value is -3.04. The molecule has 4 aromatic rings. The predicted octanol–water partition coefficient (Wildman–Crippen LogP) is 6.07. The van der Waals surface area contributed by atoms with E-state index in [1.165, 1.54) is 15.6 Å². The lowest BCUT2D eigenvalue weighted by Gasteiger charge is -2.45. The second kappa shape index (κ2) is 7.03. The fourth-order valence-corrected chi connectivity index (χ4v) is 6.17. The highest BCUT2D eigenvalue weighted by Crippen LogP contribution is 2.51. The van der Waals surface area contributed by atoms with Gasteiger partial charge in [-0.2, -0.15) is 0 Å². The van der Waals surface area contributed by atoms with Crippen LogP contribution in [0.25, 0.3) is 10.1 Å². The molecule has 1 aliphatic carbocycles. The number of Topliss-reactive ketones (excluding diaryl/α,β-unsaturated/α-hetero) is 2. The molecule has 0 aliphatic heterocycles. The van der Waals surface area contributed by atoms with Crippen molar-refractivity contribution in [3.8, 4) is 0 Å². The zero-order valence-corrected chi connectivity index (χ0v) is 17.8. The summed E-state index contributed by atoms with van der Waals surface area (Å²) < 4.78 is 1.19. The van der Waals surface area contributed by atoms with Crippen molar-refractivity contribution in [3.05, 3.63) is 106 Å². The van der Waals surface area contributed by atoms with E-state index in [1.807, 2.05) is 72.8 Å². The van der Waals surface area contributed by atoms with E-state index in [4.69, 9.17) is 0 Å². The number of fused-ring (bicyclic) bond motifs is 1. The van der Waals surface area contributed by atoms with Gasteiger partial charge in [0.25, 0.3) is 0 Å². The van der Waals surface area contributed by atoms with Crippen molar-refractivity contribution in [2.45, 2.75) is 25.2 Å². The van der Waals surface area contributed by atoms with Gasteiger partial charge in [0.05, 0.1) is 5.92 Å². The van der Waals surface area contributed by atoms with Crippen LogP contribution >= 0.6 is 11.3 Å². The summed E-state index contributed by atoms with van der Waals surface area (Å²) in [5.74, 6) is -0.862. The van der Waals surface area contributed by atoms with Gasteiger partial charge in [0.2, 0.25) is 0 Å². The topological polar surface area (TPSA) is 34.1 Å². The van der Waals surface area contributed by atoms with Crippen molar-refractivity contribution in [2.24, 2.45) is 5.92 Å². The van der Waals surface area contributed by atoms with E-state index in [2.05, 4.69) is 19.1 Å². The minimum Gasteiger partial charge on any atom is -0.297 e.